The van der Waals surface area contributed by atoms with Crippen molar-refractivity contribution in [2.45, 2.75) is 32.4 Å². The Labute approximate surface area is 245 Å². The van der Waals surface area contributed by atoms with E-state index in [0.29, 0.717) is 51.6 Å². The first kappa shape index (κ1) is 27.5. The summed E-state index contributed by atoms with van der Waals surface area (Å²) >= 11 is 1.08. The predicted octanol–water partition coefficient (Wildman–Crippen LogP) is 6.35. The van der Waals surface area contributed by atoms with Crippen LogP contribution in [0.3, 0.4) is 0 Å². The first-order chi connectivity index (χ1) is 20.3. The van der Waals surface area contributed by atoms with Crippen molar-refractivity contribution in [1.29, 1.82) is 0 Å². The summed E-state index contributed by atoms with van der Waals surface area (Å²) in [6.45, 7) is 8.05. The van der Waals surface area contributed by atoms with E-state index >= 15 is 0 Å². The molecule has 3 aromatic carbocycles. The molecule has 0 spiro atoms. The fourth-order valence-corrected chi connectivity index (χ4v) is 6.31. The molecular weight excluding hydrogens is 559 g/mol. The molecule has 10 heteroatoms. The molecule has 0 unspecified atom stereocenters. The number of thiazole rings is 1. The summed E-state index contributed by atoms with van der Waals surface area (Å²) in [5.74, 6) is -0.905. The third kappa shape index (κ3) is 4.77. The fourth-order valence-electron chi connectivity index (χ4n) is 5.29. The molecule has 1 aromatic heterocycles. The SMILES string of the molecule is C=CCOc1ccc([C@H]2C(=C(O)c3ccc4c(c3)C[C@@H](C)O4)C(=O)C(=O)N2c2nc3ccc(F)cc3s2)cc1OCC. The maximum absolute atomic E-state index is 14.0. The smallest absolute Gasteiger partial charge is 0.301 e. The lowest BCUT2D eigenvalue weighted by atomic mass is 9.94. The second-order valence-electron chi connectivity index (χ2n) is 9.97. The Hall–Kier alpha value is -4.70. The van der Waals surface area contributed by atoms with Crippen LogP contribution in [0, 0.1) is 5.82 Å². The number of ketones is 1. The van der Waals surface area contributed by atoms with Crippen LogP contribution in [0.2, 0.25) is 0 Å². The standard InChI is InChI=1S/C32H27FN2O6S/c1-4-12-40-24-11-6-18(15-25(24)39-5-2)28-27(29(36)19-7-10-23-20(14-19)13-17(3)41-23)30(37)31(38)35(28)32-34-22-9-8-21(33)16-26(22)42-32/h4,6-11,14-17,28,36H,1,5,12-13H2,2-3H3/t17-,28+/m1/s1. The number of carbonyl (C=O) groups is 2. The van der Waals surface area contributed by atoms with Gasteiger partial charge in [0.1, 0.15) is 30.0 Å². The van der Waals surface area contributed by atoms with Crippen molar-refractivity contribution in [1.82, 2.24) is 4.98 Å². The highest BCUT2D eigenvalue weighted by Gasteiger charge is 2.48. The van der Waals surface area contributed by atoms with Gasteiger partial charge in [-0.05, 0) is 73.5 Å². The van der Waals surface area contributed by atoms with Crippen LogP contribution in [0.1, 0.15) is 36.6 Å². The van der Waals surface area contributed by atoms with Gasteiger partial charge in [0.15, 0.2) is 16.6 Å². The highest BCUT2D eigenvalue weighted by atomic mass is 32.1. The number of ether oxygens (including phenoxy) is 3. The first-order valence-electron chi connectivity index (χ1n) is 13.5. The Morgan fingerprint density at radius 2 is 2.00 bits per heavy atom. The maximum Gasteiger partial charge on any atom is 0.301 e. The predicted molar refractivity (Wildman–Crippen MR) is 158 cm³/mol. The second-order valence-corrected chi connectivity index (χ2v) is 11.0. The molecule has 0 radical (unpaired) electrons. The molecule has 6 rings (SSSR count). The molecule has 0 saturated carbocycles. The monoisotopic (exact) mass is 586 g/mol. The number of nitrogens with zero attached hydrogens (tertiary/aromatic N) is 2. The van der Waals surface area contributed by atoms with Crippen molar-refractivity contribution in [2.24, 2.45) is 0 Å². The molecule has 4 aromatic rings. The molecular formula is C32H27FN2O6S. The average Bonchev–Trinajstić information content (AvgIpc) is 3.63. The van der Waals surface area contributed by atoms with Crippen LogP contribution in [-0.4, -0.2) is 41.1 Å². The number of amides is 1. The van der Waals surface area contributed by atoms with Crippen molar-refractivity contribution in [3.8, 4) is 17.2 Å². The van der Waals surface area contributed by atoms with Gasteiger partial charge in [0.05, 0.1) is 28.4 Å². The molecule has 214 valence electrons. The Balaban J connectivity index is 1.54. The molecule has 2 atom stereocenters. The van der Waals surface area contributed by atoms with Crippen molar-refractivity contribution in [3.05, 3.63) is 95.3 Å². The van der Waals surface area contributed by atoms with E-state index in [1.54, 1.807) is 42.5 Å². The van der Waals surface area contributed by atoms with Crippen LogP contribution < -0.4 is 19.1 Å². The van der Waals surface area contributed by atoms with Crippen LogP contribution >= 0.6 is 11.3 Å². The van der Waals surface area contributed by atoms with Gasteiger partial charge in [0.25, 0.3) is 5.78 Å². The quantitative estimate of drug-likeness (QED) is 0.111. The van der Waals surface area contributed by atoms with Crippen LogP contribution in [-0.2, 0) is 16.0 Å². The number of aliphatic hydroxyl groups is 1. The maximum atomic E-state index is 14.0. The van der Waals surface area contributed by atoms with E-state index in [2.05, 4.69) is 11.6 Å². The van der Waals surface area contributed by atoms with Crippen LogP contribution in [0.25, 0.3) is 16.0 Å². The zero-order chi connectivity index (χ0) is 29.5. The van der Waals surface area contributed by atoms with E-state index in [1.807, 2.05) is 13.8 Å². The van der Waals surface area contributed by atoms with Gasteiger partial charge in [-0.3, -0.25) is 14.5 Å². The molecule has 42 heavy (non-hydrogen) atoms. The highest BCUT2D eigenvalue weighted by Crippen LogP contribution is 2.46. The van der Waals surface area contributed by atoms with Crippen molar-refractivity contribution < 1.29 is 33.3 Å². The van der Waals surface area contributed by atoms with Crippen LogP contribution in [0.5, 0.6) is 17.2 Å². The molecule has 2 aliphatic heterocycles. The van der Waals surface area contributed by atoms with E-state index < -0.39 is 23.5 Å². The number of hydrogen-bond acceptors (Lipinski definition) is 8. The topological polar surface area (TPSA) is 98.2 Å². The molecule has 1 fully saturated rings. The summed E-state index contributed by atoms with van der Waals surface area (Å²) in [4.78, 5) is 33.1. The number of fused-ring (bicyclic) bond motifs is 2. The van der Waals surface area contributed by atoms with E-state index in [9.17, 15) is 19.1 Å². The number of carbonyl (C=O) groups excluding carboxylic acids is 2. The third-order valence-electron chi connectivity index (χ3n) is 7.10. The number of Topliss-reactive ketones (excluding diaryl/α,β-unsaturated/α-hetero) is 1. The Morgan fingerprint density at radius 3 is 2.79 bits per heavy atom. The van der Waals surface area contributed by atoms with Gasteiger partial charge in [-0.1, -0.05) is 30.1 Å². The van der Waals surface area contributed by atoms with Crippen LogP contribution in [0.15, 0.2) is 72.8 Å². The minimum Gasteiger partial charge on any atom is -0.507 e. The Morgan fingerprint density at radius 1 is 1.17 bits per heavy atom. The van der Waals surface area contributed by atoms with Crippen molar-refractivity contribution >= 4 is 44.1 Å². The number of aromatic nitrogens is 1. The van der Waals surface area contributed by atoms with Gasteiger partial charge < -0.3 is 19.3 Å². The van der Waals surface area contributed by atoms with Gasteiger partial charge in [0, 0.05) is 12.0 Å². The molecule has 0 aliphatic carbocycles. The van der Waals surface area contributed by atoms with Crippen molar-refractivity contribution in [3.63, 3.8) is 0 Å². The van der Waals surface area contributed by atoms with Gasteiger partial charge in [0.2, 0.25) is 0 Å². The first-order valence-corrected chi connectivity index (χ1v) is 14.3. The summed E-state index contributed by atoms with van der Waals surface area (Å²) in [6, 6.07) is 13.3. The van der Waals surface area contributed by atoms with Gasteiger partial charge >= 0.3 is 5.91 Å². The van der Waals surface area contributed by atoms with Gasteiger partial charge in [-0.15, -0.1) is 0 Å². The molecule has 3 heterocycles. The number of halogens is 1. The number of aliphatic hydroxyl groups excluding tert-OH is 1. The molecule has 1 amide bonds. The van der Waals surface area contributed by atoms with E-state index in [-0.39, 0.29) is 29.2 Å². The largest absolute Gasteiger partial charge is 0.507 e. The summed E-state index contributed by atoms with van der Waals surface area (Å²) < 4.78 is 31.9. The third-order valence-corrected chi connectivity index (χ3v) is 8.12. The number of benzene rings is 3. The molecule has 2 aliphatic rings. The normalized spacial score (nSPS) is 19.2. The summed E-state index contributed by atoms with van der Waals surface area (Å²) in [6.07, 6.45) is 2.25. The zero-order valence-electron chi connectivity index (χ0n) is 22.9. The summed E-state index contributed by atoms with van der Waals surface area (Å²) in [7, 11) is 0. The Kier molecular flexibility index (Phi) is 7.16. The summed E-state index contributed by atoms with van der Waals surface area (Å²) in [5, 5.41) is 11.8. The molecule has 8 nitrogen and oxygen atoms in total. The minimum atomic E-state index is -1.05. The van der Waals surface area contributed by atoms with E-state index in [1.165, 1.54) is 23.1 Å². The van der Waals surface area contributed by atoms with Gasteiger partial charge in [-0.2, -0.15) is 0 Å². The summed E-state index contributed by atoms with van der Waals surface area (Å²) in [5.41, 5.74) is 2.16. The average molecular weight is 587 g/mol. The number of anilines is 1. The van der Waals surface area contributed by atoms with E-state index in [0.717, 1.165) is 16.9 Å². The van der Waals surface area contributed by atoms with Gasteiger partial charge in [-0.25, -0.2) is 9.37 Å². The number of hydrogen-bond donors (Lipinski definition) is 1. The lowest BCUT2D eigenvalue weighted by Gasteiger charge is -2.24. The lowest BCUT2D eigenvalue weighted by molar-refractivity contribution is -0.132. The lowest BCUT2D eigenvalue weighted by Crippen LogP contribution is -2.29. The molecule has 0 bridgehead atoms. The molecule has 1 saturated heterocycles. The second kappa shape index (κ2) is 10.9. The fraction of sp³-hybridized carbons (Fsp3) is 0.219. The highest BCUT2D eigenvalue weighted by molar-refractivity contribution is 7.22. The van der Waals surface area contributed by atoms with Crippen molar-refractivity contribution in [2.75, 3.05) is 18.1 Å². The zero-order valence-corrected chi connectivity index (χ0v) is 23.7. The minimum absolute atomic E-state index is 0.00865. The van der Waals surface area contributed by atoms with Crippen LogP contribution in [0.4, 0.5) is 9.52 Å². The molecule has 1 N–H and O–H groups in total. The Bertz CT molecular complexity index is 1780. The van der Waals surface area contributed by atoms with E-state index in [4.69, 9.17) is 14.2 Å². The number of rotatable bonds is 8.